The molecule has 0 fully saturated rings. The molecular weight excluding hydrogens is 491 g/mol. The van der Waals surface area contributed by atoms with Gasteiger partial charge in [0.15, 0.2) is 11.2 Å². The summed E-state index contributed by atoms with van der Waals surface area (Å²) in [5.41, 5.74) is 1.20. The van der Waals surface area contributed by atoms with Crippen LogP contribution in [-0.2, 0) is 26.6 Å². The van der Waals surface area contributed by atoms with Crippen LogP contribution in [0, 0.1) is 6.92 Å². The van der Waals surface area contributed by atoms with Crippen LogP contribution in [0.5, 0.6) is 5.75 Å². The summed E-state index contributed by atoms with van der Waals surface area (Å²) in [5.74, 6) is -0.0114. The highest BCUT2D eigenvalue weighted by molar-refractivity contribution is 5.71. The van der Waals surface area contributed by atoms with Crippen LogP contribution in [-0.4, -0.2) is 41.2 Å². The highest BCUT2D eigenvalue weighted by Crippen LogP contribution is 2.25. The molecule has 0 aliphatic rings. The Labute approximate surface area is 209 Å². The maximum Gasteiger partial charge on any atom is 0.573 e. The van der Waals surface area contributed by atoms with Gasteiger partial charge in [-0.3, -0.25) is 18.9 Å². The number of hydrogen-bond donors (Lipinski definition) is 1. The fourth-order valence-electron chi connectivity index (χ4n) is 4.02. The van der Waals surface area contributed by atoms with Gasteiger partial charge in [-0.05, 0) is 49.6 Å². The second-order valence-corrected chi connectivity index (χ2v) is 8.92. The molecule has 3 heterocycles. The van der Waals surface area contributed by atoms with E-state index in [1.165, 1.54) is 29.8 Å². The number of ether oxygens (including phenoxy) is 1. The third-order valence-corrected chi connectivity index (χ3v) is 5.87. The summed E-state index contributed by atoms with van der Waals surface area (Å²) in [5, 5.41) is 9.68. The van der Waals surface area contributed by atoms with Gasteiger partial charge in [-0.25, -0.2) is 9.78 Å². The van der Waals surface area contributed by atoms with E-state index >= 15 is 0 Å². The molecule has 1 aromatic carbocycles. The summed E-state index contributed by atoms with van der Waals surface area (Å²) in [6.45, 7) is 3.62. The maximum atomic E-state index is 13.5. The minimum atomic E-state index is -4.84. The molecule has 0 bridgehead atoms. The van der Waals surface area contributed by atoms with Crippen LogP contribution < -0.4 is 16.0 Å². The SMILES string of the molecule is Cc1ccc(Cn2c(Cc3cccc(OC(F)(F)F)c3)nc3c2c(=O)n(CCC(C)O)c(=O)n3C)nc1. The number of benzene rings is 1. The van der Waals surface area contributed by atoms with E-state index in [9.17, 15) is 27.9 Å². The average molecular weight is 518 g/mol. The highest BCUT2D eigenvalue weighted by atomic mass is 19.4. The van der Waals surface area contributed by atoms with Crippen molar-refractivity contribution in [3.63, 3.8) is 0 Å². The molecule has 0 radical (unpaired) electrons. The zero-order valence-corrected chi connectivity index (χ0v) is 20.5. The van der Waals surface area contributed by atoms with Gasteiger partial charge in [-0.15, -0.1) is 13.2 Å². The van der Waals surface area contributed by atoms with Gasteiger partial charge >= 0.3 is 12.1 Å². The second-order valence-electron chi connectivity index (χ2n) is 8.92. The van der Waals surface area contributed by atoms with Crippen LogP contribution in [0.15, 0.2) is 52.2 Å². The Bertz CT molecular complexity index is 1540. The lowest BCUT2D eigenvalue weighted by molar-refractivity contribution is -0.274. The lowest BCUT2D eigenvalue weighted by Crippen LogP contribution is -2.40. The number of alkyl halides is 3. The van der Waals surface area contributed by atoms with Crippen molar-refractivity contribution < 1.29 is 23.0 Å². The molecule has 9 nitrogen and oxygen atoms in total. The minimum Gasteiger partial charge on any atom is -0.406 e. The molecule has 0 spiro atoms. The average Bonchev–Trinajstić information content (AvgIpc) is 3.16. The van der Waals surface area contributed by atoms with Gasteiger partial charge in [-0.2, -0.15) is 0 Å². The van der Waals surface area contributed by atoms with Gasteiger partial charge in [0, 0.05) is 26.2 Å². The molecular formula is C25H26F3N5O4. The molecule has 1 N–H and O–H groups in total. The van der Waals surface area contributed by atoms with Crippen LogP contribution in [0.3, 0.4) is 0 Å². The fraction of sp³-hybridized carbons (Fsp3) is 0.360. The molecule has 196 valence electrons. The van der Waals surface area contributed by atoms with Crippen LogP contribution in [0.4, 0.5) is 13.2 Å². The van der Waals surface area contributed by atoms with Crippen molar-refractivity contribution in [2.24, 2.45) is 7.05 Å². The monoisotopic (exact) mass is 517 g/mol. The predicted octanol–water partition coefficient (Wildman–Crippen LogP) is 2.91. The van der Waals surface area contributed by atoms with Crippen LogP contribution in [0.2, 0.25) is 0 Å². The number of pyridine rings is 1. The van der Waals surface area contributed by atoms with Crippen molar-refractivity contribution in [3.05, 3.63) is 86.1 Å². The molecule has 3 aromatic heterocycles. The third-order valence-electron chi connectivity index (χ3n) is 5.87. The Hall–Kier alpha value is -3.93. The van der Waals surface area contributed by atoms with Gasteiger partial charge in [0.05, 0.1) is 18.3 Å². The van der Waals surface area contributed by atoms with Crippen molar-refractivity contribution in [2.75, 3.05) is 0 Å². The standard InChI is InChI=1S/C25H26F3N5O4/c1-15-7-8-18(29-13-15)14-33-20(12-17-5-4-6-19(11-17)37-25(26,27)28)30-22-21(33)23(35)32(10-9-16(2)34)24(36)31(22)3/h4-8,11,13,16,34H,9-10,12,14H2,1-3H3. The molecule has 4 aromatic rings. The highest BCUT2D eigenvalue weighted by Gasteiger charge is 2.31. The van der Waals surface area contributed by atoms with E-state index < -0.39 is 23.7 Å². The van der Waals surface area contributed by atoms with E-state index in [1.54, 1.807) is 29.8 Å². The summed E-state index contributed by atoms with van der Waals surface area (Å²) in [6.07, 6.45) is -3.60. The molecule has 0 aliphatic heterocycles. The van der Waals surface area contributed by atoms with E-state index in [0.29, 0.717) is 17.1 Å². The largest absolute Gasteiger partial charge is 0.573 e. The fourth-order valence-corrected chi connectivity index (χ4v) is 4.02. The van der Waals surface area contributed by atoms with Gasteiger partial charge in [0.25, 0.3) is 5.56 Å². The molecule has 0 amide bonds. The van der Waals surface area contributed by atoms with Crippen molar-refractivity contribution in [2.45, 2.75) is 52.2 Å². The molecule has 37 heavy (non-hydrogen) atoms. The number of aliphatic hydroxyl groups excluding tert-OH is 1. The third kappa shape index (κ3) is 5.91. The first-order valence-electron chi connectivity index (χ1n) is 11.6. The zero-order chi connectivity index (χ0) is 26.9. The van der Waals surface area contributed by atoms with Crippen LogP contribution >= 0.6 is 0 Å². The minimum absolute atomic E-state index is 0.0131. The number of aromatic nitrogens is 5. The van der Waals surface area contributed by atoms with Gasteiger partial charge in [0.2, 0.25) is 0 Å². The Morgan fingerprint density at radius 3 is 2.54 bits per heavy atom. The van der Waals surface area contributed by atoms with Gasteiger partial charge in [0.1, 0.15) is 11.6 Å². The number of halogens is 3. The van der Waals surface area contributed by atoms with Crippen molar-refractivity contribution in [1.29, 1.82) is 0 Å². The first-order valence-corrected chi connectivity index (χ1v) is 11.6. The molecule has 1 unspecified atom stereocenters. The van der Waals surface area contributed by atoms with E-state index in [0.717, 1.165) is 10.1 Å². The summed E-state index contributed by atoms with van der Waals surface area (Å²) in [7, 11) is 1.49. The molecule has 0 aliphatic carbocycles. The number of fused-ring (bicyclic) bond motifs is 1. The van der Waals surface area contributed by atoms with Crippen molar-refractivity contribution in [3.8, 4) is 5.75 Å². The number of aliphatic hydroxyl groups is 1. The number of rotatable bonds is 8. The molecule has 0 saturated heterocycles. The molecule has 1 atom stereocenters. The topological polar surface area (TPSA) is 104 Å². The summed E-state index contributed by atoms with van der Waals surface area (Å²) < 4.78 is 46.1. The van der Waals surface area contributed by atoms with Gasteiger partial charge < -0.3 is 14.4 Å². The van der Waals surface area contributed by atoms with Crippen molar-refractivity contribution >= 4 is 11.2 Å². The van der Waals surface area contributed by atoms with Crippen molar-refractivity contribution in [1.82, 2.24) is 23.7 Å². The van der Waals surface area contributed by atoms with E-state index in [4.69, 9.17) is 0 Å². The normalized spacial score (nSPS) is 12.7. The first kappa shape index (κ1) is 26.1. The summed E-state index contributed by atoms with van der Waals surface area (Å²) >= 11 is 0. The molecule has 4 rings (SSSR count). The Morgan fingerprint density at radius 1 is 1.14 bits per heavy atom. The summed E-state index contributed by atoms with van der Waals surface area (Å²) in [6, 6.07) is 9.18. The van der Waals surface area contributed by atoms with E-state index in [2.05, 4.69) is 14.7 Å². The quantitative estimate of drug-likeness (QED) is 0.386. The van der Waals surface area contributed by atoms with Crippen LogP contribution in [0.1, 0.15) is 36.0 Å². The van der Waals surface area contributed by atoms with Gasteiger partial charge in [-0.1, -0.05) is 18.2 Å². The number of hydrogen-bond acceptors (Lipinski definition) is 6. The van der Waals surface area contributed by atoms with E-state index in [-0.39, 0.29) is 42.8 Å². The number of imidazole rings is 1. The van der Waals surface area contributed by atoms with E-state index in [1.807, 2.05) is 13.0 Å². The lowest BCUT2D eigenvalue weighted by Gasteiger charge is -2.12. The number of nitrogens with zero attached hydrogens (tertiary/aromatic N) is 5. The maximum absolute atomic E-state index is 13.5. The smallest absolute Gasteiger partial charge is 0.406 e. The Morgan fingerprint density at radius 2 is 1.89 bits per heavy atom. The zero-order valence-electron chi connectivity index (χ0n) is 20.5. The lowest BCUT2D eigenvalue weighted by atomic mass is 10.1. The Balaban J connectivity index is 1.87. The van der Waals surface area contributed by atoms with Crippen LogP contribution in [0.25, 0.3) is 11.2 Å². The molecule has 12 heteroatoms. The first-order chi connectivity index (χ1) is 17.4. The summed E-state index contributed by atoms with van der Waals surface area (Å²) in [4.78, 5) is 35.4. The number of aryl methyl sites for hydroxylation is 2. The second kappa shape index (κ2) is 10.2. The Kier molecular flexibility index (Phi) is 7.21. The molecule has 0 saturated carbocycles. The predicted molar refractivity (Wildman–Crippen MR) is 130 cm³/mol.